The van der Waals surface area contributed by atoms with Gasteiger partial charge in [-0.15, -0.1) is 0 Å². The predicted octanol–water partition coefficient (Wildman–Crippen LogP) is 7.40. The second-order valence-electron chi connectivity index (χ2n) is 9.04. The van der Waals surface area contributed by atoms with Crippen molar-refractivity contribution in [3.8, 4) is 5.75 Å². The number of aliphatic imine (C=N–C) groups is 1. The summed E-state index contributed by atoms with van der Waals surface area (Å²) in [6.07, 6.45) is 1.84. The van der Waals surface area contributed by atoms with E-state index in [1.54, 1.807) is 29.2 Å². The van der Waals surface area contributed by atoms with E-state index in [1.807, 2.05) is 84.9 Å². The molecule has 8 heteroatoms. The Balaban J connectivity index is 1.41. The Morgan fingerprint density at radius 3 is 2.25 bits per heavy atom. The number of amidine groups is 1. The minimum atomic E-state index is -0.971. The van der Waals surface area contributed by atoms with Gasteiger partial charge in [-0.3, -0.25) is 14.7 Å². The lowest BCUT2D eigenvalue weighted by atomic mass is 10.1. The van der Waals surface area contributed by atoms with Gasteiger partial charge in [0.1, 0.15) is 12.4 Å². The number of halogens is 1. The number of rotatable bonds is 9. The van der Waals surface area contributed by atoms with Crippen LogP contribution in [0.2, 0.25) is 0 Å². The molecule has 0 spiro atoms. The molecule has 6 nitrogen and oxygen atoms in total. The molecule has 4 aromatic rings. The number of benzene rings is 4. The van der Waals surface area contributed by atoms with Crippen LogP contribution in [0, 0.1) is 0 Å². The summed E-state index contributed by atoms with van der Waals surface area (Å²) in [4.78, 5) is 31.9. The molecule has 4 aromatic carbocycles. The largest absolute Gasteiger partial charge is 0.488 e. The SMILES string of the molecule is O=C(O)c1ccc(COc2ccc(Br)cc2/C=C2/SC(=NCc3ccccc3)N(Cc3ccccc3)C2=O)cc1. The number of carboxylic acids is 1. The van der Waals surface area contributed by atoms with Gasteiger partial charge in [0.25, 0.3) is 5.91 Å². The highest BCUT2D eigenvalue weighted by molar-refractivity contribution is 9.10. The molecule has 0 atom stereocenters. The van der Waals surface area contributed by atoms with Crippen molar-refractivity contribution < 1.29 is 19.4 Å². The van der Waals surface area contributed by atoms with E-state index in [-0.39, 0.29) is 18.1 Å². The molecular weight excluding hydrogens is 588 g/mol. The summed E-state index contributed by atoms with van der Waals surface area (Å²) < 4.78 is 6.96. The molecule has 0 bridgehead atoms. The number of thioether (sulfide) groups is 1. The Labute approximate surface area is 245 Å². The number of aromatic carboxylic acids is 1. The van der Waals surface area contributed by atoms with Gasteiger partial charge < -0.3 is 9.84 Å². The van der Waals surface area contributed by atoms with Crippen molar-refractivity contribution in [1.29, 1.82) is 0 Å². The second-order valence-corrected chi connectivity index (χ2v) is 11.0. The molecule has 0 unspecified atom stereocenters. The van der Waals surface area contributed by atoms with E-state index in [4.69, 9.17) is 14.8 Å². The van der Waals surface area contributed by atoms with Crippen molar-refractivity contribution in [2.45, 2.75) is 19.7 Å². The van der Waals surface area contributed by atoms with Gasteiger partial charge in [-0.25, -0.2) is 4.79 Å². The first-order chi connectivity index (χ1) is 19.5. The monoisotopic (exact) mass is 612 g/mol. The summed E-state index contributed by atoms with van der Waals surface area (Å²) in [7, 11) is 0. The molecule has 0 saturated carbocycles. The zero-order valence-electron chi connectivity index (χ0n) is 21.4. The molecule has 0 aliphatic carbocycles. The smallest absolute Gasteiger partial charge is 0.335 e. The summed E-state index contributed by atoms with van der Waals surface area (Å²) in [6.45, 7) is 1.15. The van der Waals surface area contributed by atoms with E-state index in [0.717, 1.165) is 26.7 Å². The lowest BCUT2D eigenvalue weighted by Crippen LogP contribution is -2.28. The standard InChI is InChI=1S/C32H25BrN2O4S/c33-27-15-16-28(39-21-24-11-13-25(14-12-24)31(37)38)26(17-27)18-29-30(36)35(20-23-9-5-2-6-10-23)32(40-29)34-19-22-7-3-1-4-8-22/h1-18H,19-21H2,(H,37,38)/b29-18+,34-32?. The number of nitrogens with zero attached hydrogens (tertiary/aromatic N) is 2. The van der Waals surface area contributed by atoms with Crippen molar-refractivity contribution >= 4 is 50.8 Å². The van der Waals surface area contributed by atoms with Crippen LogP contribution in [0.15, 0.2) is 117 Å². The summed E-state index contributed by atoms with van der Waals surface area (Å²) in [6, 6.07) is 32.0. The summed E-state index contributed by atoms with van der Waals surface area (Å²) >= 11 is 4.89. The van der Waals surface area contributed by atoms with Gasteiger partial charge >= 0.3 is 5.97 Å². The normalized spacial score (nSPS) is 15.1. The molecule has 5 rings (SSSR count). The Kier molecular flexibility index (Phi) is 8.78. The Morgan fingerprint density at radius 2 is 1.57 bits per heavy atom. The van der Waals surface area contributed by atoms with Crippen LogP contribution < -0.4 is 4.74 Å². The summed E-state index contributed by atoms with van der Waals surface area (Å²) in [5, 5.41) is 9.78. The third kappa shape index (κ3) is 6.89. The van der Waals surface area contributed by atoms with Crippen LogP contribution in [0.5, 0.6) is 5.75 Å². The highest BCUT2D eigenvalue weighted by atomic mass is 79.9. The van der Waals surface area contributed by atoms with Crippen LogP contribution in [0.25, 0.3) is 6.08 Å². The van der Waals surface area contributed by atoms with Gasteiger partial charge in [0.05, 0.1) is 23.6 Å². The fourth-order valence-corrected chi connectivity index (χ4v) is 5.43. The van der Waals surface area contributed by atoms with Gasteiger partial charge in [0, 0.05) is 10.0 Å². The van der Waals surface area contributed by atoms with Crippen LogP contribution in [0.3, 0.4) is 0 Å². The number of hydrogen-bond acceptors (Lipinski definition) is 5. The average molecular weight is 614 g/mol. The maximum Gasteiger partial charge on any atom is 0.335 e. The second kappa shape index (κ2) is 12.8. The summed E-state index contributed by atoms with van der Waals surface area (Å²) in [5.41, 5.74) is 3.89. The third-order valence-electron chi connectivity index (χ3n) is 6.16. The highest BCUT2D eigenvalue weighted by Crippen LogP contribution is 2.36. The molecule has 40 heavy (non-hydrogen) atoms. The van der Waals surface area contributed by atoms with E-state index in [0.29, 0.717) is 28.9 Å². The number of ether oxygens (including phenoxy) is 1. The molecule has 1 fully saturated rings. The van der Waals surface area contributed by atoms with Gasteiger partial charge in [-0.1, -0.05) is 88.7 Å². The first-order valence-electron chi connectivity index (χ1n) is 12.5. The number of amides is 1. The van der Waals surface area contributed by atoms with Crippen LogP contribution in [-0.4, -0.2) is 27.1 Å². The van der Waals surface area contributed by atoms with E-state index in [2.05, 4.69) is 15.9 Å². The molecule has 0 aromatic heterocycles. The topological polar surface area (TPSA) is 79.2 Å². The summed E-state index contributed by atoms with van der Waals surface area (Å²) in [5.74, 6) is -0.479. The lowest BCUT2D eigenvalue weighted by Gasteiger charge is -2.15. The maximum atomic E-state index is 13.7. The van der Waals surface area contributed by atoms with Gasteiger partial charge in [-0.2, -0.15) is 0 Å². The number of hydrogen-bond donors (Lipinski definition) is 1. The molecule has 1 saturated heterocycles. The van der Waals surface area contributed by atoms with Gasteiger partial charge in [0.2, 0.25) is 0 Å². The number of carboxylic acid groups (broad SMARTS) is 1. The van der Waals surface area contributed by atoms with Crippen LogP contribution in [0.4, 0.5) is 0 Å². The van der Waals surface area contributed by atoms with Gasteiger partial charge in [-0.05, 0) is 64.9 Å². The van der Waals surface area contributed by atoms with Crippen molar-refractivity contribution in [3.05, 3.63) is 140 Å². The predicted molar refractivity (Wildman–Crippen MR) is 162 cm³/mol. The first kappa shape index (κ1) is 27.4. The highest BCUT2D eigenvalue weighted by Gasteiger charge is 2.33. The molecule has 200 valence electrons. The number of carbonyl (C=O) groups is 2. The zero-order chi connectivity index (χ0) is 27.9. The fourth-order valence-electron chi connectivity index (χ4n) is 4.08. The lowest BCUT2D eigenvalue weighted by molar-refractivity contribution is -0.122. The minimum Gasteiger partial charge on any atom is -0.488 e. The molecular formula is C32H25BrN2O4S. The van der Waals surface area contributed by atoms with Crippen molar-refractivity contribution in [1.82, 2.24) is 4.90 Å². The van der Waals surface area contributed by atoms with E-state index >= 15 is 0 Å². The zero-order valence-corrected chi connectivity index (χ0v) is 23.8. The molecule has 1 aliphatic rings. The third-order valence-corrected chi connectivity index (χ3v) is 7.70. The Morgan fingerprint density at radius 1 is 0.900 bits per heavy atom. The Bertz CT molecular complexity index is 1570. The minimum absolute atomic E-state index is 0.115. The molecule has 1 amide bonds. The van der Waals surface area contributed by atoms with Crippen molar-refractivity contribution in [2.24, 2.45) is 4.99 Å². The molecule has 1 heterocycles. The average Bonchev–Trinajstić information content (AvgIpc) is 3.26. The van der Waals surface area contributed by atoms with Crippen molar-refractivity contribution in [2.75, 3.05) is 0 Å². The van der Waals surface area contributed by atoms with Crippen molar-refractivity contribution in [3.63, 3.8) is 0 Å². The first-order valence-corrected chi connectivity index (χ1v) is 14.2. The van der Waals surface area contributed by atoms with Crippen LogP contribution >= 0.6 is 27.7 Å². The fraction of sp³-hybridized carbons (Fsp3) is 0.0938. The van der Waals surface area contributed by atoms with E-state index in [1.165, 1.54) is 11.8 Å². The molecule has 1 N–H and O–H groups in total. The van der Waals surface area contributed by atoms with E-state index < -0.39 is 5.97 Å². The van der Waals surface area contributed by atoms with Crippen LogP contribution in [-0.2, 0) is 24.5 Å². The quantitative estimate of drug-likeness (QED) is 0.199. The van der Waals surface area contributed by atoms with Gasteiger partial charge in [0.15, 0.2) is 5.17 Å². The van der Waals surface area contributed by atoms with E-state index in [9.17, 15) is 9.59 Å². The molecule has 0 radical (unpaired) electrons. The maximum absolute atomic E-state index is 13.7. The number of carbonyl (C=O) groups excluding carboxylic acids is 1. The Hall–Kier alpha value is -4.14. The van der Waals surface area contributed by atoms with Crippen LogP contribution in [0.1, 0.15) is 32.6 Å². The molecule has 1 aliphatic heterocycles.